The van der Waals surface area contributed by atoms with Crippen LogP contribution in [0.1, 0.15) is 28.2 Å². The Bertz CT molecular complexity index is 608. The molecule has 0 bridgehead atoms. The summed E-state index contributed by atoms with van der Waals surface area (Å²) in [6.07, 6.45) is 0. The first-order valence-electron chi connectivity index (χ1n) is 6.05. The average molecular weight is 290 g/mol. The quantitative estimate of drug-likeness (QED) is 0.639. The fourth-order valence-corrected chi connectivity index (χ4v) is 2.65. The third-order valence-corrected chi connectivity index (χ3v) is 4.22. The van der Waals surface area contributed by atoms with Gasteiger partial charge in [-0.05, 0) is 30.5 Å². The van der Waals surface area contributed by atoms with Gasteiger partial charge in [-0.25, -0.2) is 0 Å². The van der Waals surface area contributed by atoms with Crippen LogP contribution in [0.4, 0.5) is 5.69 Å². The van der Waals surface area contributed by atoms with E-state index in [1.54, 1.807) is 23.3 Å². The molecule has 0 aliphatic carbocycles. The van der Waals surface area contributed by atoms with Gasteiger partial charge in [0, 0.05) is 29.6 Å². The number of hydrogen-bond donors (Lipinski definition) is 0. The number of thiophene rings is 1. The largest absolute Gasteiger partial charge is 0.334 e. The monoisotopic (exact) mass is 290 g/mol. The Morgan fingerprint density at radius 1 is 1.30 bits per heavy atom. The molecule has 0 aliphatic heterocycles. The predicted octanol–water partition coefficient (Wildman–Crippen LogP) is 3.49. The molecule has 104 valence electrons. The van der Waals surface area contributed by atoms with E-state index in [1.807, 2.05) is 24.4 Å². The van der Waals surface area contributed by atoms with Crippen LogP contribution in [0.2, 0.25) is 0 Å². The third kappa shape index (κ3) is 2.85. The van der Waals surface area contributed by atoms with Crippen molar-refractivity contribution < 1.29 is 9.72 Å². The van der Waals surface area contributed by atoms with Gasteiger partial charge in [0.2, 0.25) is 0 Å². The van der Waals surface area contributed by atoms with Gasteiger partial charge < -0.3 is 4.90 Å². The van der Waals surface area contributed by atoms with E-state index in [2.05, 4.69) is 0 Å². The lowest BCUT2D eigenvalue weighted by atomic mass is 10.1. The molecule has 0 spiro atoms. The summed E-state index contributed by atoms with van der Waals surface area (Å²) in [4.78, 5) is 25.2. The summed E-state index contributed by atoms with van der Waals surface area (Å²) in [5.41, 5.74) is 0.428. The standard InChI is InChI=1S/C14H14N2O3S/c1-10(13-4-3-9-20-13)15(2)14(17)11-5-7-12(8-6-11)16(18)19/h3-10H,1-2H3. The molecule has 0 aliphatic rings. The van der Waals surface area contributed by atoms with Crippen LogP contribution >= 0.6 is 11.3 Å². The predicted molar refractivity (Wildman–Crippen MR) is 77.9 cm³/mol. The molecule has 0 saturated carbocycles. The number of nitrogens with zero attached hydrogens (tertiary/aromatic N) is 2. The van der Waals surface area contributed by atoms with Crippen molar-refractivity contribution in [2.24, 2.45) is 0 Å². The van der Waals surface area contributed by atoms with Crippen LogP contribution in [-0.4, -0.2) is 22.8 Å². The third-order valence-electron chi connectivity index (χ3n) is 3.18. The zero-order valence-corrected chi connectivity index (χ0v) is 12.0. The highest BCUT2D eigenvalue weighted by Crippen LogP contribution is 2.25. The molecule has 2 aromatic rings. The van der Waals surface area contributed by atoms with Gasteiger partial charge in [-0.1, -0.05) is 6.07 Å². The molecular formula is C14H14N2O3S. The van der Waals surface area contributed by atoms with Gasteiger partial charge >= 0.3 is 0 Å². The Morgan fingerprint density at radius 3 is 2.45 bits per heavy atom. The lowest BCUT2D eigenvalue weighted by Gasteiger charge is -2.24. The number of non-ortho nitro benzene ring substituents is 1. The average Bonchev–Trinajstić information content (AvgIpc) is 2.99. The van der Waals surface area contributed by atoms with E-state index in [0.717, 1.165) is 4.88 Å². The maximum Gasteiger partial charge on any atom is 0.269 e. The van der Waals surface area contributed by atoms with Crippen LogP contribution in [0.3, 0.4) is 0 Å². The van der Waals surface area contributed by atoms with Crippen molar-refractivity contribution >= 4 is 22.9 Å². The summed E-state index contributed by atoms with van der Waals surface area (Å²) in [6, 6.07) is 9.55. The van der Waals surface area contributed by atoms with Crippen molar-refractivity contribution in [1.29, 1.82) is 0 Å². The first-order chi connectivity index (χ1) is 9.50. The van der Waals surface area contributed by atoms with Crippen LogP contribution < -0.4 is 0 Å². The highest BCUT2D eigenvalue weighted by molar-refractivity contribution is 7.10. The van der Waals surface area contributed by atoms with E-state index in [4.69, 9.17) is 0 Å². The van der Waals surface area contributed by atoms with Crippen LogP contribution in [0, 0.1) is 10.1 Å². The van der Waals surface area contributed by atoms with E-state index in [0.29, 0.717) is 5.56 Å². The molecular weight excluding hydrogens is 276 g/mol. The Balaban J connectivity index is 2.16. The number of carbonyl (C=O) groups excluding carboxylic acids is 1. The maximum absolute atomic E-state index is 12.3. The minimum Gasteiger partial charge on any atom is -0.334 e. The second-order valence-corrected chi connectivity index (χ2v) is 5.39. The Kier molecular flexibility index (Phi) is 4.14. The van der Waals surface area contributed by atoms with Crippen molar-refractivity contribution in [3.05, 3.63) is 62.3 Å². The number of nitro benzene ring substituents is 1. The number of benzene rings is 1. The van der Waals surface area contributed by atoms with Gasteiger partial charge in [0.15, 0.2) is 0 Å². The second-order valence-electron chi connectivity index (χ2n) is 4.41. The number of nitro groups is 1. The van der Waals surface area contributed by atoms with Crippen molar-refractivity contribution in [1.82, 2.24) is 4.90 Å². The van der Waals surface area contributed by atoms with Gasteiger partial charge in [-0.15, -0.1) is 11.3 Å². The minimum absolute atomic E-state index is 0.0180. The Labute approximate surface area is 120 Å². The molecule has 1 unspecified atom stereocenters. The highest BCUT2D eigenvalue weighted by atomic mass is 32.1. The molecule has 0 saturated heterocycles. The smallest absolute Gasteiger partial charge is 0.269 e. The maximum atomic E-state index is 12.3. The topological polar surface area (TPSA) is 63.5 Å². The zero-order valence-electron chi connectivity index (χ0n) is 11.1. The summed E-state index contributed by atoms with van der Waals surface area (Å²) in [7, 11) is 1.73. The number of amides is 1. The molecule has 0 N–H and O–H groups in total. The first kappa shape index (κ1) is 14.2. The number of hydrogen-bond acceptors (Lipinski definition) is 4. The molecule has 0 radical (unpaired) electrons. The zero-order chi connectivity index (χ0) is 14.7. The van der Waals surface area contributed by atoms with Crippen molar-refractivity contribution in [2.45, 2.75) is 13.0 Å². The van der Waals surface area contributed by atoms with E-state index in [1.165, 1.54) is 24.3 Å². The van der Waals surface area contributed by atoms with Crippen molar-refractivity contribution in [3.63, 3.8) is 0 Å². The summed E-state index contributed by atoms with van der Waals surface area (Å²) in [6.45, 7) is 1.95. The second kappa shape index (κ2) is 5.83. The van der Waals surface area contributed by atoms with Crippen LogP contribution in [0.25, 0.3) is 0 Å². The fourth-order valence-electron chi connectivity index (χ4n) is 1.83. The summed E-state index contributed by atoms with van der Waals surface area (Å²) in [5, 5.41) is 12.6. The molecule has 1 heterocycles. The van der Waals surface area contributed by atoms with Gasteiger partial charge in [0.05, 0.1) is 11.0 Å². The highest BCUT2D eigenvalue weighted by Gasteiger charge is 2.20. The number of carbonyl (C=O) groups is 1. The van der Waals surface area contributed by atoms with E-state index in [9.17, 15) is 14.9 Å². The molecule has 5 nitrogen and oxygen atoms in total. The lowest BCUT2D eigenvalue weighted by Crippen LogP contribution is -2.29. The van der Waals surface area contributed by atoms with Gasteiger partial charge in [0.25, 0.3) is 11.6 Å². The van der Waals surface area contributed by atoms with Gasteiger partial charge in [-0.3, -0.25) is 14.9 Å². The fraction of sp³-hybridized carbons (Fsp3) is 0.214. The van der Waals surface area contributed by atoms with Crippen LogP contribution in [0.15, 0.2) is 41.8 Å². The van der Waals surface area contributed by atoms with Crippen molar-refractivity contribution in [2.75, 3.05) is 7.05 Å². The Hall–Kier alpha value is -2.21. The molecule has 0 fully saturated rings. The molecule has 1 aromatic carbocycles. The first-order valence-corrected chi connectivity index (χ1v) is 6.93. The van der Waals surface area contributed by atoms with Crippen LogP contribution in [-0.2, 0) is 0 Å². The van der Waals surface area contributed by atoms with E-state index < -0.39 is 4.92 Å². The minimum atomic E-state index is -0.480. The molecule has 20 heavy (non-hydrogen) atoms. The van der Waals surface area contributed by atoms with E-state index in [-0.39, 0.29) is 17.6 Å². The van der Waals surface area contributed by atoms with Crippen LogP contribution in [0.5, 0.6) is 0 Å². The van der Waals surface area contributed by atoms with Gasteiger partial charge in [0.1, 0.15) is 0 Å². The molecule has 1 aromatic heterocycles. The van der Waals surface area contributed by atoms with Crippen molar-refractivity contribution in [3.8, 4) is 0 Å². The number of rotatable bonds is 4. The molecule has 2 rings (SSSR count). The molecule has 1 atom stereocenters. The van der Waals surface area contributed by atoms with Gasteiger partial charge in [-0.2, -0.15) is 0 Å². The SMILES string of the molecule is CC(c1cccs1)N(C)C(=O)c1ccc([N+](=O)[O-])cc1. The summed E-state index contributed by atoms with van der Waals surface area (Å²) >= 11 is 1.60. The molecule has 1 amide bonds. The van der Waals surface area contributed by atoms with E-state index >= 15 is 0 Å². The summed E-state index contributed by atoms with van der Waals surface area (Å²) in [5.74, 6) is -0.152. The lowest BCUT2D eigenvalue weighted by molar-refractivity contribution is -0.384. The normalized spacial score (nSPS) is 11.9. The molecule has 6 heteroatoms. The summed E-state index contributed by atoms with van der Waals surface area (Å²) < 4.78 is 0. The Morgan fingerprint density at radius 2 is 1.95 bits per heavy atom.